The normalized spacial score (nSPS) is 30.3. The molecule has 172 valence electrons. The van der Waals surface area contributed by atoms with E-state index >= 15 is 0 Å². The van der Waals surface area contributed by atoms with Gasteiger partial charge in [-0.3, -0.25) is 9.59 Å². The summed E-state index contributed by atoms with van der Waals surface area (Å²) in [5.74, 6) is 0.442. The molecule has 0 aromatic heterocycles. The number of rotatable bonds is 5. The first kappa shape index (κ1) is 22.3. The van der Waals surface area contributed by atoms with Gasteiger partial charge in [-0.15, -0.1) is 0 Å². The molecule has 3 unspecified atom stereocenters. The number of benzene rings is 2. The van der Waals surface area contributed by atoms with Crippen LogP contribution in [0.5, 0.6) is 0 Å². The Morgan fingerprint density at radius 3 is 2.36 bits per heavy atom. The van der Waals surface area contributed by atoms with Gasteiger partial charge in [-0.2, -0.15) is 0 Å². The van der Waals surface area contributed by atoms with Crippen LogP contribution in [-0.2, 0) is 22.4 Å². The number of Topliss-reactive ketones (excluding diaryl/α,β-unsaturated/α-hetero) is 2. The van der Waals surface area contributed by atoms with Crippen LogP contribution in [0.3, 0.4) is 0 Å². The fourth-order valence-electron chi connectivity index (χ4n) is 6.98. The maximum Gasteiger partial charge on any atom is 0.170 e. The van der Waals surface area contributed by atoms with Gasteiger partial charge in [0.05, 0.1) is 18.1 Å². The van der Waals surface area contributed by atoms with Crippen LogP contribution in [0.1, 0.15) is 85.1 Å². The number of aryl methyl sites for hydroxylation is 3. The predicted octanol–water partition coefficient (Wildman–Crippen LogP) is 6.26. The summed E-state index contributed by atoms with van der Waals surface area (Å²) in [7, 11) is 0. The average Bonchev–Trinajstić information content (AvgIpc) is 3.42. The third-order valence-electron chi connectivity index (χ3n) is 8.67. The minimum Gasteiger partial charge on any atom is -0.373 e. The zero-order valence-electron chi connectivity index (χ0n) is 20.6. The lowest BCUT2D eigenvalue weighted by Gasteiger charge is -2.38. The minimum atomic E-state index is -0.312. The Balaban J connectivity index is 1.63. The molecule has 3 heteroatoms. The molecule has 2 aliphatic heterocycles. The van der Waals surface area contributed by atoms with Crippen molar-refractivity contribution in [2.24, 2.45) is 11.3 Å². The molecule has 1 aliphatic carbocycles. The van der Waals surface area contributed by atoms with Gasteiger partial charge in [0.25, 0.3) is 0 Å². The van der Waals surface area contributed by atoms with Gasteiger partial charge in [-0.05, 0) is 68.4 Å². The Bertz CT molecular complexity index is 1180. The molecule has 0 spiro atoms. The Morgan fingerprint density at radius 1 is 1.09 bits per heavy atom. The SMILES string of the molecule is CCc1cc(C)cc(CC)c1C1=C(C)[C@]2(C)C3OC(CC3c3cccc(C(C)=O)c3)[C@@H]2C1=O. The molecule has 3 aliphatic rings. The Morgan fingerprint density at radius 2 is 1.76 bits per heavy atom. The summed E-state index contributed by atoms with van der Waals surface area (Å²) < 4.78 is 6.53. The molecule has 2 fully saturated rings. The van der Waals surface area contributed by atoms with E-state index in [9.17, 15) is 9.59 Å². The monoisotopic (exact) mass is 442 g/mol. The molecule has 2 bridgehead atoms. The third kappa shape index (κ3) is 3.05. The molecule has 2 saturated heterocycles. The van der Waals surface area contributed by atoms with E-state index in [2.05, 4.69) is 52.8 Å². The number of ketones is 2. The van der Waals surface area contributed by atoms with Gasteiger partial charge in [0.1, 0.15) is 0 Å². The van der Waals surface area contributed by atoms with Gasteiger partial charge in [0.2, 0.25) is 0 Å². The van der Waals surface area contributed by atoms with Crippen molar-refractivity contribution in [2.75, 3.05) is 0 Å². The quantitative estimate of drug-likeness (QED) is 0.514. The second-order valence-electron chi connectivity index (χ2n) is 10.4. The van der Waals surface area contributed by atoms with Crippen molar-refractivity contribution in [3.8, 4) is 0 Å². The lowest BCUT2D eigenvalue weighted by atomic mass is 9.62. The van der Waals surface area contributed by atoms with E-state index in [4.69, 9.17) is 4.74 Å². The van der Waals surface area contributed by atoms with Gasteiger partial charge in [0, 0.05) is 22.5 Å². The summed E-state index contributed by atoms with van der Waals surface area (Å²) in [6, 6.07) is 12.5. The number of fused-ring (bicyclic) bond motifs is 5. The van der Waals surface area contributed by atoms with Gasteiger partial charge >= 0.3 is 0 Å². The van der Waals surface area contributed by atoms with Gasteiger partial charge in [0.15, 0.2) is 11.6 Å². The van der Waals surface area contributed by atoms with E-state index in [1.54, 1.807) is 6.92 Å². The molecule has 5 rings (SSSR count). The molecule has 0 saturated carbocycles. The lowest BCUT2D eigenvalue weighted by molar-refractivity contribution is -0.119. The predicted molar refractivity (Wildman–Crippen MR) is 132 cm³/mol. The summed E-state index contributed by atoms with van der Waals surface area (Å²) >= 11 is 0. The van der Waals surface area contributed by atoms with E-state index in [-0.39, 0.29) is 41.0 Å². The van der Waals surface area contributed by atoms with E-state index in [1.165, 1.54) is 27.8 Å². The van der Waals surface area contributed by atoms with Crippen LogP contribution in [0.15, 0.2) is 42.0 Å². The Kier molecular flexibility index (Phi) is 5.25. The summed E-state index contributed by atoms with van der Waals surface area (Å²) in [4.78, 5) is 26.0. The second kappa shape index (κ2) is 7.77. The first-order chi connectivity index (χ1) is 15.7. The van der Waals surface area contributed by atoms with Crippen LogP contribution in [0.25, 0.3) is 5.57 Å². The van der Waals surface area contributed by atoms with Crippen molar-refractivity contribution >= 4 is 17.1 Å². The van der Waals surface area contributed by atoms with Crippen molar-refractivity contribution in [1.29, 1.82) is 0 Å². The van der Waals surface area contributed by atoms with E-state index in [0.717, 1.165) is 36.0 Å². The Labute approximate surface area is 197 Å². The van der Waals surface area contributed by atoms with Gasteiger partial charge < -0.3 is 4.74 Å². The van der Waals surface area contributed by atoms with Crippen LogP contribution in [0.2, 0.25) is 0 Å². The molecule has 0 radical (unpaired) electrons. The van der Waals surface area contributed by atoms with E-state index < -0.39 is 0 Å². The molecule has 5 atom stereocenters. The molecule has 0 N–H and O–H groups in total. The van der Waals surface area contributed by atoms with Crippen LogP contribution in [-0.4, -0.2) is 23.8 Å². The summed E-state index contributed by atoms with van der Waals surface area (Å²) in [5.41, 5.74) is 8.71. The molecular formula is C30H34O3. The van der Waals surface area contributed by atoms with Crippen molar-refractivity contribution in [2.45, 2.75) is 78.9 Å². The highest BCUT2D eigenvalue weighted by Gasteiger charge is 2.67. The smallest absolute Gasteiger partial charge is 0.170 e. The molecule has 2 aromatic carbocycles. The highest BCUT2D eigenvalue weighted by Crippen LogP contribution is 2.65. The van der Waals surface area contributed by atoms with Gasteiger partial charge in [-0.25, -0.2) is 0 Å². The number of ether oxygens (including phenoxy) is 1. The third-order valence-corrected chi connectivity index (χ3v) is 8.67. The summed E-state index contributed by atoms with van der Waals surface area (Å²) in [6.07, 6.45) is 2.56. The fraction of sp³-hybridized carbons (Fsp3) is 0.467. The van der Waals surface area contributed by atoms with Crippen molar-refractivity contribution < 1.29 is 14.3 Å². The second-order valence-corrected chi connectivity index (χ2v) is 10.4. The topological polar surface area (TPSA) is 43.4 Å². The highest BCUT2D eigenvalue weighted by atomic mass is 16.5. The fourth-order valence-corrected chi connectivity index (χ4v) is 6.98. The minimum absolute atomic E-state index is 0.0447. The molecule has 2 aromatic rings. The van der Waals surface area contributed by atoms with E-state index in [1.807, 2.05) is 18.2 Å². The highest BCUT2D eigenvalue weighted by molar-refractivity contribution is 6.26. The summed E-state index contributed by atoms with van der Waals surface area (Å²) in [6.45, 7) is 12.5. The maximum absolute atomic E-state index is 14.0. The van der Waals surface area contributed by atoms with Crippen LogP contribution in [0.4, 0.5) is 0 Å². The molecular weight excluding hydrogens is 408 g/mol. The van der Waals surface area contributed by atoms with Gasteiger partial charge in [-0.1, -0.05) is 62.2 Å². The standard InChI is InChI=1S/C30H34O3/c1-7-19-12-16(3)13-20(8-2)26(19)25-17(4)30(6)27(28(25)32)24-15-23(29(30)33-24)22-11-9-10-21(14-22)18(5)31/h9-14,23-24,27,29H,7-8,15H2,1-6H3/t23?,24?,27-,29?,30+/m1/s1. The number of carbonyl (C=O) groups excluding carboxylic acids is 2. The first-order valence-electron chi connectivity index (χ1n) is 12.4. The number of allylic oxidation sites excluding steroid dienone is 1. The Hall–Kier alpha value is -2.52. The molecule has 0 amide bonds. The zero-order valence-corrected chi connectivity index (χ0v) is 20.6. The molecule has 2 heterocycles. The molecule has 33 heavy (non-hydrogen) atoms. The van der Waals surface area contributed by atoms with Crippen LogP contribution in [0, 0.1) is 18.3 Å². The van der Waals surface area contributed by atoms with Crippen molar-refractivity contribution in [3.05, 3.63) is 75.4 Å². The van der Waals surface area contributed by atoms with Crippen LogP contribution >= 0.6 is 0 Å². The average molecular weight is 443 g/mol. The largest absolute Gasteiger partial charge is 0.373 e. The number of hydrogen-bond acceptors (Lipinski definition) is 3. The van der Waals surface area contributed by atoms with Crippen molar-refractivity contribution in [3.63, 3.8) is 0 Å². The van der Waals surface area contributed by atoms with E-state index in [0.29, 0.717) is 0 Å². The number of hydrogen-bond donors (Lipinski definition) is 0. The first-order valence-corrected chi connectivity index (χ1v) is 12.4. The van der Waals surface area contributed by atoms with Crippen molar-refractivity contribution in [1.82, 2.24) is 0 Å². The lowest BCUT2D eigenvalue weighted by Crippen LogP contribution is -2.42. The maximum atomic E-state index is 14.0. The number of carbonyl (C=O) groups is 2. The summed E-state index contributed by atoms with van der Waals surface area (Å²) in [5, 5.41) is 0. The zero-order chi connectivity index (χ0) is 23.7. The van der Waals surface area contributed by atoms with Crippen LogP contribution < -0.4 is 0 Å². The molecule has 3 nitrogen and oxygen atoms in total.